The zero-order chi connectivity index (χ0) is 24.2. The highest BCUT2D eigenvalue weighted by Crippen LogP contribution is 2.31. The number of halogens is 3. The molecular weight excluding hydrogens is 465 g/mol. The minimum atomic E-state index is -4.58. The van der Waals surface area contributed by atoms with E-state index < -0.39 is 28.2 Å². The van der Waals surface area contributed by atoms with Crippen molar-refractivity contribution in [2.24, 2.45) is 0 Å². The summed E-state index contributed by atoms with van der Waals surface area (Å²) in [5.74, 6) is 0.302. The number of rotatable bonds is 6. The maximum absolute atomic E-state index is 12.6. The molecule has 33 heavy (non-hydrogen) atoms. The van der Waals surface area contributed by atoms with E-state index >= 15 is 0 Å². The number of nitrogens with zero attached hydrogens (tertiary/aromatic N) is 2. The third-order valence-corrected chi connectivity index (χ3v) is 6.99. The largest absolute Gasteiger partial charge is 0.489 e. The first-order valence-electron chi connectivity index (χ1n) is 10.9. The average Bonchev–Trinajstić information content (AvgIpc) is 2.74. The minimum absolute atomic E-state index is 0.0189. The molecule has 1 aliphatic carbocycles. The van der Waals surface area contributed by atoms with Crippen molar-refractivity contribution in [3.63, 3.8) is 0 Å². The normalized spacial score (nSPS) is 23.7. The molecule has 1 unspecified atom stereocenters. The van der Waals surface area contributed by atoms with Crippen molar-refractivity contribution in [2.75, 3.05) is 19.3 Å². The lowest BCUT2D eigenvalue weighted by Gasteiger charge is -2.36. The Morgan fingerprint density at radius 2 is 1.67 bits per heavy atom. The topological polar surface area (TPSA) is 95.0 Å². The zero-order valence-electron chi connectivity index (χ0n) is 18.6. The predicted molar refractivity (Wildman–Crippen MR) is 112 cm³/mol. The van der Waals surface area contributed by atoms with Crippen LogP contribution in [0, 0.1) is 0 Å². The lowest BCUT2D eigenvalue weighted by atomic mass is 9.94. The van der Waals surface area contributed by atoms with Gasteiger partial charge in [-0.15, -0.1) is 0 Å². The molecule has 1 saturated heterocycles. The highest BCUT2D eigenvalue weighted by Gasteiger charge is 2.40. The van der Waals surface area contributed by atoms with Gasteiger partial charge in [-0.05, 0) is 51.5 Å². The summed E-state index contributed by atoms with van der Waals surface area (Å²) in [5.41, 5.74) is 0. The number of ether oxygens (including phenoxy) is 3. The molecule has 0 aromatic carbocycles. The third kappa shape index (κ3) is 7.20. The van der Waals surface area contributed by atoms with Gasteiger partial charge in [-0.25, -0.2) is 13.2 Å². The molecule has 0 radical (unpaired) electrons. The van der Waals surface area contributed by atoms with Crippen LogP contribution < -0.4 is 4.74 Å². The number of sulfone groups is 1. The van der Waals surface area contributed by atoms with Gasteiger partial charge in [0.25, 0.3) is 0 Å². The van der Waals surface area contributed by atoms with Crippen molar-refractivity contribution >= 4 is 15.9 Å². The van der Waals surface area contributed by atoms with Gasteiger partial charge >= 0.3 is 12.3 Å². The van der Waals surface area contributed by atoms with Gasteiger partial charge in [0.1, 0.15) is 10.6 Å². The number of carbonyl (C=O) groups is 1. The quantitative estimate of drug-likeness (QED) is 0.595. The Morgan fingerprint density at radius 1 is 1.09 bits per heavy atom. The standard InChI is InChI=1S/C21H29F3N2O6S/c1-14(21(22,23)24)30-20(27)26-11-8-17(9-12-26)31-15-3-5-16(6-4-15)32-18-7-10-25-13-19(18)33(2,28)29/h7,10,13-17H,3-6,8-9,11-12H2,1-2H3. The van der Waals surface area contributed by atoms with Crippen LogP contribution >= 0.6 is 0 Å². The summed E-state index contributed by atoms with van der Waals surface area (Å²) in [6, 6.07) is 1.55. The third-order valence-electron chi connectivity index (χ3n) is 5.88. The number of hydrogen-bond acceptors (Lipinski definition) is 7. The molecule has 0 bridgehead atoms. The second-order valence-corrected chi connectivity index (χ2v) is 10.5. The van der Waals surface area contributed by atoms with Crippen LogP contribution in [0.5, 0.6) is 5.75 Å². The fourth-order valence-electron chi connectivity index (χ4n) is 3.95. The Bertz CT molecular complexity index is 911. The summed E-state index contributed by atoms with van der Waals surface area (Å²) >= 11 is 0. The molecule has 2 fully saturated rings. The maximum atomic E-state index is 12.6. The number of alkyl halides is 3. The average molecular weight is 495 g/mol. The molecule has 1 saturated carbocycles. The second-order valence-electron chi connectivity index (χ2n) is 8.50. The summed E-state index contributed by atoms with van der Waals surface area (Å²) in [6.45, 7) is 1.37. The van der Waals surface area contributed by atoms with Crippen LogP contribution in [-0.2, 0) is 19.3 Å². The van der Waals surface area contributed by atoms with Crippen molar-refractivity contribution in [1.29, 1.82) is 0 Å². The molecule has 8 nitrogen and oxygen atoms in total. The van der Waals surface area contributed by atoms with Gasteiger partial charge in [0.2, 0.25) is 0 Å². The van der Waals surface area contributed by atoms with E-state index in [0.29, 0.717) is 31.4 Å². The molecule has 1 amide bonds. The molecule has 2 aliphatic rings. The number of likely N-dealkylation sites (tertiary alicyclic amines) is 1. The molecule has 1 aromatic rings. The van der Waals surface area contributed by atoms with Crippen molar-refractivity contribution in [3.8, 4) is 5.75 Å². The summed E-state index contributed by atoms with van der Waals surface area (Å²) < 4.78 is 78.1. The van der Waals surface area contributed by atoms with Crippen LogP contribution in [0.4, 0.5) is 18.0 Å². The van der Waals surface area contributed by atoms with E-state index in [1.165, 1.54) is 17.3 Å². The van der Waals surface area contributed by atoms with Crippen LogP contribution in [0.2, 0.25) is 0 Å². The van der Waals surface area contributed by atoms with Crippen LogP contribution in [0.1, 0.15) is 45.4 Å². The molecule has 0 N–H and O–H groups in total. The second kappa shape index (κ2) is 10.5. The van der Waals surface area contributed by atoms with Gasteiger partial charge in [0.05, 0.1) is 18.3 Å². The van der Waals surface area contributed by atoms with Gasteiger partial charge in [-0.1, -0.05) is 0 Å². The fraction of sp³-hybridized carbons (Fsp3) is 0.714. The number of piperidine rings is 1. The Kier molecular flexibility index (Phi) is 8.09. The van der Waals surface area contributed by atoms with Gasteiger partial charge in [0.15, 0.2) is 15.9 Å². The number of amides is 1. The predicted octanol–water partition coefficient (Wildman–Crippen LogP) is 3.74. The van der Waals surface area contributed by atoms with Crippen molar-refractivity contribution in [2.45, 2.75) is 80.9 Å². The Hall–Kier alpha value is -2.08. The molecule has 3 rings (SSSR count). The van der Waals surface area contributed by atoms with Gasteiger partial charge in [-0.3, -0.25) is 4.98 Å². The molecule has 186 valence electrons. The molecule has 1 atom stereocenters. The molecule has 12 heteroatoms. The van der Waals surface area contributed by atoms with Crippen LogP contribution in [-0.4, -0.2) is 74.3 Å². The number of hydrogen-bond donors (Lipinski definition) is 0. The Morgan fingerprint density at radius 3 is 2.24 bits per heavy atom. The molecule has 1 aliphatic heterocycles. The number of carbonyl (C=O) groups excluding carboxylic acids is 1. The van der Waals surface area contributed by atoms with Crippen molar-refractivity contribution in [3.05, 3.63) is 18.5 Å². The number of aromatic nitrogens is 1. The van der Waals surface area contributed by atoms with E-state index in [1.807, 2.05) is 0 Å². The Labute approximate surface area is 191 Å². The molecule has 0 spiro atoms. The van der Waals surface area contributed by atoms with Gasteiger partial charge < -0.3 is 19.1 Å². The van der Waals surface area contributed by atoms with Crippen LogP contribution in [0.25, 0.3) is 0 Å². The summed E-state index contributed by atoms with van der Waals surface area (Å²) in [6.07, 6.45) is -0.0148. The van der Waals surface area contributed by atoms with Gasteiger partial charge in [0, 0.05) is 31.7 Å². The van der Waals surface area contributed by atoms with Crippen LogP contribution in [0.3, 0.4) is 0 Å². The molecule has 2 heterocycles. The lowest BCUT2D eigenvalue weighted by molar-refractivity contribution is -0.200. The first-order valence-corrected chi connectivity index (χ1v) is 12.8. The highest BCUT2D eigenvalue weighted by atomic mass is 32.2. The fourth-order valence-corrected chi connectivity index (χ4v) is 4.68. The lowest BCUT2D eigenvalue weighted by Crippen LogP contribution is -2.44. The molecule has 1 aromatic heterocycles. The first kappa shape index (κ1) is 25.5. The van der Waals surface area contributed by atoms with E-state index in [0.717, 1.165) is 26.0 Å². The van der Waals surface area contributed by atoms with E-state index in [4.69, 9.17) is 9.47 Å². The summed E-state index contributed by atoms with van der Waals surface area (Å²) in [4.78, 5) is 17.1. The summed E-state index contributed by atoms with van der Waals surface area (Å²) in [5, 5.41) is 0. The van der Waals surface area contributed by atoms with E-state index in [2.05, 4.69) is 9.72 Å². The van der Waals surface area contributed by atoms with E-state index in [1.54, 1.807) is 6.07 Å². The summed E-state index contributed by atoms with van der Waals surface area (Å²) in [7, 11) is -3.44. The Balaban J connectivity index is 1.41. The van der Waals surface area contributed by atoms with Crippen molar-refractivity contribution < 1.29 is 40.6 Å². The smallest absolute Gasteiger partial charge is 0.425 e. The van der Waals surface area contributed by atoms with E-state index in [9.17, 15) is 26.4 Å². The van der Waals surface area contributed by atoms with Gasteiger partial charge in [-0.2, -0.15) is 13.2 Å². The SMILES string of the molecule is CC(OC(=O)N1CCC(OC2CCC(Oc3ccncc3S(C)(=O)=O)CC2)CC1)C(F)(F)F. The molecular formula is C21H29F3N2O6S. The maximum Gasteiger partial charge on any atom is 0.425 e. The van der Waals surface area contributed by atoms with E-state index in [-0.39, 0.29) is 36.3 Å². The minimum Gasteiger partial charge on any atom is -0.489 e. The highest BCUT2D eigenvalue weighted by molar-refractivity contribution is 7.90. The number of pyridine rings is 1. The first-order chi connectivity index (χ1) is 15.4. The van der Waals surface area contributed by atoms with Crippen molar-refractivity contribution in [1.82, 2.24) is 9.88 Å². The monoisotopic (exact) mass is 494 g/mol. The zero-order valence-corrected chi connectivity index (χ0v) is 19.4. The van der Waals surface area contributed by atoms with Crippen LogP contribution in [0.15, 0.2) is 23.4 Å².